The number of thiophene rings is 1. The lowest BCUT2D eigenvalue weighted by Crippen LogP contribution is -2.46. The Balaban J connectivity index is 1.64. The highest BCUT2D eigenvalue weighted by molar-refractivity contribution is 7.16. The number of hydrogen-bond acceptors (Lipinski definition) is 7. The Morgan fingerprint density at radius 3 is 2.60 bits per heavy atom. The maximum atomic E-state index is 13.1. The van der Waals surface area contributed by atoms with Crippen molar-refractivity contribution in [1.29, 1.82) is 0 Å². The summed E-state index contributed by atoms with van der Waals surface area (Å²) in [5, 5.41) is 4.13. The summed E-state index contributed by atoms with van der Waals surface area (Å²) >= 11 is 1.72. The number of furan rings is 1. The van der Waals surface area contributed by atoms with Gasteiger partial charge in [0.15, 0.2) is 5.76 Å². The van der Waals surface area contributed by atoms with E-state index in [1.165, 1.54) is 28.7 Å². The van der Waals surface area contributed by atoms with Crippen molar-refractivity contribution >= 4 is 22.2 Å². The Labute approximate surface area is 210 Å². The number of ether oxygens (including phenoxy) is 2. The summed E-state index contributed by atoms with van der Waals surface area (Å²) in [7, 11) is 5.55. The largest absolute Gasteiger partial charge is 0.497 e. The predicted octanol–water partition coefficient (Wildman–Crippen LogP) is 4.83. The van der Waals surface area contributed by atoms with Gasteiger partial charge in [0.05, 0.1) is 26.5 Å². The van der Waals surface area contributed by atoms with Gasteiger partial charge in [-0.25, -0.2) is 0 Å². The highest BCUT2D eigenvalue weighted by atomic mass is 32.1. The standard InChI is InChI=1S/C27H33N3O4S/c1-29-12-14-30(15-13-29)25(19-11-10-18(32-2)17-22(19)33-3)24-20-7-4-5-9-23(20)35-27(24)28-26(31)21-8-6-16-34-21/h6,8,10-11,16-17,25H,4-5,7,9,12-15H2,1-3H3,(H,28,31). The molecule has 2 aliphatic rings. The van der Waals surface area contributed by atoms with Gasteiger partial charge in [-0.05, 0) is 62.6 Å². The minimum atomic E-state index is -0.214. The van der Waals surface area contributed by atoms with Gasteiger partial charge in [0.25, 0.3) is 5.91 Å². The molecule has 8 heteroatoms. The number of carbonyl (C=O) groups is 1. The van der Waals surface area contributed by atoms with Gasteiger partial charge in [-0.1, -0.05) is 0 Å². The molecule has 5 rings (SSSR count). The van der Waals surface area contributed by atoms with Crippen LogP contribution in [0.2, 0.25) is 0 Å². The van der Waals surface area contributed by atoms with Crippen LogP contribution in [0.25, 0.3) is 0 Å². The van der Waals surface area contributed by atoms with Crippen LogP contribution in [0.15, 0.2) is 41.0 Å². The minimum absolute atomic E-state index is 0.0328. The number of benzene rings is 1. The summed E-state index contributed by atoms with van der Waals surface area (Å²) in [6, 6.07) is 9.48. The summed E-state index contributed by atoms with van der Waals surface area (Å²) in [4.78, 5) is 19.3. The molecule has 0 radical (unpaired) electrons. The second kappa shape index (κ2) is 10.4. The number of rotatable bonds is 7. The van der Waals surface area contributed by atoms with E-state index < -0.39 is 0 Å². The molecule has 0 bridgehead atoms. The van der Waals surface area contributed by atoms with Gasteiger partial charge in [0.2, 0.25) is 0 Å². The highest BCUT2D eigenvalue weighted by Crippen LogP contribution is 2.47. The molecule has 1 unspecified atom stereocenters. The summed E-state index contributed by atoms with van der Waals surface area (Å²) in [6.07, 6.45) is 5.96. The second-order valence-electron chi connectivity index (χ2n) is 9.23. The molecule has 1 aromatic carbocycles. The average molecular weight is 496 g/mol. The minimum Gasteiger partial charge on any atom is -0.497 e. The number of amides is 1. The molecule has 2 aromatic heterocycles. The van der Waals surface area contributed by atoms with Crippen LogP contribution >= 0.6 is 11.3 Å². The van der Waals surface area contributed by atoms with Crippen LogP contribution in [0.1, 0.15) is 51.0 Å². The Morgan fingerprint density at radius 1 is 1.09 bits per heavy atom. The molecule has 1 fully saturated rings. The predicted molar refractivity (Wildman–Crippen MR) is 138 cm³/mol. The first kappa shape index (κ1) is 23.9. The third-order valence-corrected chi connectivity index (χ3v) is 8.32. The Bertz CT molecular complexity index is 1170. The summed E-state index contributed by atoms with van der Waals surface area (Å²) < 4.78 is 16.8. The van der Waals surface area contributed by atoms with Crippen molar-refractivity contribution in [2.24, 2.45) is 0 Å². The molecule has 3 heterocycles. The van der Waals surface area contributed by atoms with E-state index in [9.17, 15) is 4.79 Å². The van der Waals surface area contributed by atoms with Crippen LogP contribution in [0, 0.1) is 0 Å². The third-order valence-electron chi connectivity index (χ3n) is 7.10. The first-order chi connectivity index (χ1) is 17.1. The molecule has 1 aliphatic heterocycles. The monoisotopic (exact) mass is 495 g/mol. The number of hydrogen-bond donors (Lipinski definition) is 1. The van der Waals surface area contributed by atoms with Crippen LogP contribution in [0.4, 0.5) is 5.00 Å². The smallest absolute Gasteiger partial charge is 0.291 e. The van der Waals surface area contributed by atoms with E-state index >= 15 is 0 Å². The maximum Gasteiger partial charge on any atom is 0.291 e. The first-order valence-electron chi connectivity index (χ1n) is 12.2. The number of anilines is 1. The van der Waals surface area contributed by atoms with Crippen LogP contribution in [0.3, 0.4) is 0 Å². The quantitative estimate of drug-likeness (QED) is 0.507. The van der Waals surface area contributed by atoms with Crippen LogP contribution < -0.4 is 14.8 Å². The fourth-order valence-corrected chi connectivity index (χ4v) is 6.52. The van der Waals surface area contributed by atoms with Crippen molar-refractivity contribution in [3.8, 4) is 11.5 Å². The lowest BCUT2D eigenvalue weighted by Gasteiger charge is -2.39. The fraction of sp³-hybridized carbons (Fsp3) is 0.444. The van der Waals surface area contributed by atoms with Gasteiger partial charge in [-0.3, -0.25) is 9.69 Å². The van der Waals surface area contributed by atoms with Gasteiger partial charge < -0.3 is 24.1 Å². The molecule has 3 aromatic rings. The Kier molecular flexibility index (Phi) is 7.13. The van der Waals surface area contributed by atoms with Crippen LogP contribution in [-0.2, 0) is 12.8 Å². The van der Waals surface area contributed by atoms with Gasteiger partial charge >= 0.3 is 0 Å². The summed E-state index contributed by atoms with van der Waals surface area (Å²) in [5.74, 6) is 1.67. The average Bonchev–Trinajstić information content (AvgIpc) is 3.54. The first-order valence-corrected chi connectivity index (χ1v) is 13.0. The number of fused-ring (bicyclic) bond motifs is 1. The topological polar surface area (TPSA) is 67.2 Å². The molecule has 186 valence electrons. The van der Waals surface area contributed by atoms with Crippen LogP contribution in [0.5, 0.6) is 11.5 Å². The molecule has 0 spiro atoms. The number of nitrogens with zero attached hydrogens (tertiary/aromatic N) is 2. The van der Waals surface area contributed by atoms with E-state index in [-0.39, 0.29) is 11.9 Å². The van der Waals surface area contributed by atoms with Crippen LogP contribution in [-0.4, -0.2) is 63.2 Å². The Hall–Kier alpha value is -2.81. The number of piperazine rings is 1. The van der Waals surface area contributed by atoms with Crippen molar-refractivity contribution in [3.05, 3.63) is 63.9 Å². The summed E-state index contributed by atoms with van der Waals surface area (Å²) in [6.45, 7) is 3.86. The molecule has 1 saturated heterocycles. The van der Waals surface area contributed by atoms with Crippen molar-refractivity contribution in [3.63, 3.8) is 0 Å². The molecule has 1 N–H and O–H groups in total. The third kappa shape index (κ3) is 4.83. The van der Waals surface area contributed by atoms with Crippen molar-refractivity contribution in [2.75, 3.05) is 52.8 Å². The number of nitrogens with one attached hydrogen (secondary N) is 1. The second-order valence-corrected chi connectivity index (χ2v) is 10.3. The SMILES string of the molecule is COc1ccc(C(c2c(NC(=O)c3ccco3)sc3c2CCCC3)N2CCN(C)CC2)c(OC)c1. The zero-order valence-corrected chi connectivity index (χ0v) is 21.5. The van der Waals surface area contributed by atoms with Gasteiger partial charge in [0, 0.05) is 48.2 Å². The number of likely N-dealkylation sites (N-methyl/N-ethyl adjacent to an activating group) is 1. The Morgan fingerprint density at radius 2 is 1.89 bits per heavy atom. The van der Waals surface area contributed by atoms with E-state index in [1.54, 1.807) is 37.7 Å². The van der Waals surface area contributed by atoms with E-state index in [4.69, 9.17) is 13.9 Å². The molecule has 7 nitrogen and oxygen atoms in total. The molecular weight excluding hydrogens is 462 g/mol. The van der Waals surface area contributed by atoms with E-state index in [0.29, 0.717) is 5.76 Å². The number of methoxy groups -OCH3 is 2. The van der Waals surface area contributed by atoms with Crippen molar-refractivity contribution in [1.82, 2.24) is 9.80 Å². The maximum absolute atomic E-state index is 13.1. The van der Waals surface area contributed by atoms with E-state index in [0.717, 1.165) is 67.5 Å². The highest BCUT2D eigenvalue weighted by Gasteiger charge is 2.35. The molecule has 35 heavy (non-hydrogen) atoms. The van der Waals surface area contributed by atoms with E-state index in [2.05, 4.69) is 28.2 Å². The van der Waals surface area contributed by atoms with Crippen molar-refractivity contribution < 1.29 is 18.7 Å². The normalized spacial score (nSPS) is 17.6. The lowest BCUT2D eigenvalue weighted by atomic mass is 9.88. The zero-order valence-electron chi connectivity index (χ0n) is 20.6. The number of carbonyl (C=O) groups excluding carboxylic acids is 1. The van der Waals surface area contributed by atoms with Gasteiger partial charge in [-0.2, -0.15) is 0 Å². The van der Waals surface area contributed by atoms with E-state index in [1.807, 2.05) is 12.1 Å². The molecular formula is C27H33N3O4S. The molecule has 1 aliphatic carbocycles. The summed E-state index contributed by atoms with van der Waals surface area (Å²) in [5.41, 5.74) is 3.69. The molecule has 1 atom stereocenters. The fourth-order valence-electron chi connectivity index (χ4n) is 5.20. The molecule has 0 saturated carbocycles. The zero-order chi connectivity index (χ0) is 24.4. The van der Waals surface area contributed by atoms with Gasteiger partial charge in [0.1, 0.15) is 16.5 Å². The van der Waals surface area contributed by atoms with Gasteiger partial charge in [-0.15, -0.1) is 11.3 Å². The lowest BCUT2D eigenvalue weighted by molar-refractivity contribution is 0.0996. The number of aryl methyl sites for hydroxylation is 1. The van der Waals surface area contributed by atoms with Crippen molar-refractivity contribution in [2.45, 2.75) is 31.7 Å². The molecule has 1 amide bonds.